The van der Waals surface area contributed by atoms with Crippen LogP contribution in [-0.4, -0.2) is 32.8 Å². The summed E-state index contributed by atoms with van der Waals surface area (Å²) in [6, 6.07) is 1.23. The number of aliphatic hydroxyl groups excluding tert-OH is 1. The molecule has 1 atom stereocenters. The van der Waals surface area contributed by atoms with Crippen molar-refractivity contribution < 1.29 is 9.90 Å². The number of amides is 1. The molecule has 7 nitrogen and oxygen atoms in total. The van der Waals surface area contributed by atoms with Gasteiger partial charge in [0.1, 0.15) is 6.54 Å². The van der Waals surface area contributed by atoms with Crippen LogP contribution in [0.2, 0.25) is 0 Å². The van der Waals surface area contributed by atoms with Gasteiger partial charge in [0.15, 0.2) is 0 Å². The van der Waals surface area contributed by atoms with Crippen molar-refractivity contribution >= 4 is 5.91 Å². The zero-order valence-electron chi connectivity index (χ0n) is 10.7. The van der Waals surface area contributed by atoms with Crippen LogP contribution in [0.4, 0.5) is 0 Å². The molecule has 1 unspecified atom stereocenters. The Morgan fingerprint density at radius 2 is 2.21 bits per heavy atom. The first-order valence-corrected chi connectivity index (χ1v) is 6.20. The number of hydrogen-bond acceptors (Lipinski definition) is 4. The average molecular weight is 267 g/mol. The molecule has 1 aromatic rings. The van der Waals surface area contributed by atoms with E-state index in [-0.39, 0.29) is 19.0 Å². The number of nitrogens with one attached hydrogen (secondary N) is 1. The quantitative estimate of drug-likeness (QED) is 0.674. The van der Waals surface area contributed by atoms with Crippen LogP contribution in [-0.2, 0) is 18.4 Å². The normalized spacial score (nSPS) is 16.1. The van der Waals surface area contributed by atoms with Gasteiger partial charge in [0.05, 0.1) is 6.10 Å². The Hall–Kier alpha value is -1.89. The monoisotopic (exact) mass is 267 g/mol. The van der Waals surface area contributed by atoms with E-state index in [1.807, 2.05) is 0 Å². The standard InChI is InChI=1S/C12H17N3O4/c1-14-11(18)4-5-15(12(14)19)7-10(17)13-6-9(16)8-2-3-8/h4-5,8-9,16H,2-3,6-7H2,1H3,(H,13,17). The van der Waals surface area contributed by atoms with Gasteiger partial charge >= 0.3 is 5.69 Å². The summed E-state index contributed by atoms with van der Waals surface area (Å²) in [4.78, 5) is 34.5. The van der Waals surface area contributed by atoms with Crippen molar-refractivity contribution in [3.8, 4) is 0 Å². The average Bonchev–Trinajstić information content (AvgIpc) is 3.21. The summed E-state index contributed by atoms with van der Waals surface area (Å²) in [5.74, 6) is -0.0685. The lowest BCUT2D eigenvalue weighted by molar-refractivity contribution is -0.122. The number of hydrogen-bond donors (Lipinski definition) is 2. The van der Waals surface area contributed by atoms with Crippen molar-refractivity contribution in [3.05, 3.63) is 33.1 Å². The maximum atomic E-state index is 11.7. The van der Waals surface area contributed by atoms with Crippen molar-refractivity contribution in [2.24, 2.45) is 13.0 Å². The number of nitrogens with zero attached hydrogens (tertiary/aromatic N) is 2. The van der Waals surface area contributed by atoms with Crippen molar-refractivity contribution in [3.63, 3.8) is 0 Å². The van der Waals surface area contributed by atoms with Gasteiger partial charge in [-0.15, -0.1) is 0 Å². The molecule has 2 rings (SSSR count). The van der Waals surface area contributed by atoms with Crippen molar-refractivity contribution in [2.75, 3.05) is 6.54 Å². The topological polar surface area (TPSA) is 93.3 Å². The molecule has 1 aliphatic rings. The van der Waals surface area contributed by atoms with Gasteiger partial charge in [-0.1, -0.05) is 0 Å². The summed E-state index contributed by atoms with van der Waals surface area (Å²) in [5, 5.41) is 12.2. The molecule has 1 aliphatic carbocycles. The third-order valence-electron chi connectivity index (χ3n) is 3.25. The highest BCUT2D eigenvalue weighted by molar-refractivity contribution is 5.75. The second kappa shape index (κ2) is 5.40. The third kappa shape index (κ3) is 3.31. The second-order valence-electron chi connectivity index (χ2n) is 4.83. The van der Waals surface area contributed by atoms with Gasteiger partial charge in [0.25, 0.3) is 5.56 Å². The summed E-state index contributed by atoms with van der Waals surface area (Å²) >= 11 is 0. The fourth-order valence-corrected chi connectivity index (χ4v) is 1.81. The van der Waals surface area contributed by atoms with Crippen LogP contribution in [0, 0.1) is 5.92 Å². The summed E-state index contributed by atoms with van der Waals surface area (Å²) in [7, 11) is 1.36. The zero-order valence-corrected chi connectivity index (χ0v) is 10.7. The van der Waals surface area contributed by atoms with Gasteiger partial charge in [0.2, 0.25) is 5.91 Å². The van der Waals surface area contributed by atoms with Crippen LogP contribution in [0.3, 0.4) is 0 Å². The highest BCUT2D eigenvalue weighted by atomic mass is 16.3. The van der Waals surface area contributed by atoms with E-state index < -0.39 is 17.4 Å². The number of aliphatic hydroxyl groups is 1. The molecule has 1 aromatic heterocycles. The van der Waals surface area contributed by atoms with Gasteiger partial charge in [0, 0.05) is 25.9 Å². The molecule has 1 fully saturated rings. The first-order valence-electron chi connectivity index (χ1n) is 6.20. The highest BCUT2D eigenvalue weighted by Crippen LogP contribution is 2.32. The third-order valence-corrected chi connectivity index (χ3v) is 3.25. The molecule has 0 spiro atoms. The molecule has 0 radical (unpaired) electrons. The summed E-state index contributed by atoms with van der Waals surface area (Å²) in [6.45, 7) is 0.0361. The molecule has 1 saturated carbocycles. The molecule has 1 heterocycles. The second-order valence-corrected chi connectivity index (χ2v) is 4.83. The minimum Gasteiger partial charge on any atom is -0.391 e. The zero-order chi connectivity index (χ0) is 14.0. The Morgan fingerprint density at radius 3 is 2.84 bits per heavy atom. The fraction of sp³-hybridized carbons (Fsp3) is 0.583. The smallest absolute Gasteiger partial charge is 0.331 e. The van der Waals surface area contributed by atoms with E-state index in [4.69, 9.17) is 0 Å². The summed E-state index contributed by atoms with van der Waals surface area (Å²) < 4.78 is 2.09. The van der Waals surface area contributed by atoms with Gasteiger partial charge < -0.3 is 10.4 Å². The van der Waals surface area contributed by atoms with Crippen molar-refractivity contribution in [2.45, 2.75) is 25.5 Å². The number of rotatable bonds is 5. The van der Waals surface area contributed by atoms with E-state index in [9.17, 15) is 19.5 Å². The van der Waals surface area contributed by atoms with Crippen molar-refractivity contribution in [1.82, 2.24) is 14.5 Å². The minimum absolute atomic E-state index is 0.162. The maximum Gasteiger partial charge on any atom is 0.331 e. The van der Waals surface area contributed by atoms with E-state index >= 15 is 0 Å². The van der Waals surface area contributed by atoms with Crippen molar-refractivity contribution in [1.29, 1.82) is 0 Å². The lowest BCUT2D eigenvalue weighted by Crippen LogP contribution is -2.41. The molecule has 19 heavy (non-hydrogen) atoms. The Kier molecular flexibility index (Phi) is 3.84. The lowest BCUT2D eigenvalue weighted by Gasteiger charge is -2.11. The molecule has 104 valence electrons. The molecule has 0 aliphatic heterocycles. The molecule has 7 heteroatoms. The van der Waals surface area contributed by atoms with E-state index in [1.165, 1.54) is 19.3 Å². The number of aromatic nitrogens is 2. The number of carbonyl (C=O) groups is 1. The van der Waals surface area contributed by atoms with E-state index in [0.29, 0.717) is 5.92 Å². The van der Waals surface area contributed by atoms with Gasteiger partial charge in [-0.25, -0.2) is 4.79 Å². The van der Waals surface area contributed by atoms with Gasteiger partial charge in [-0.2, -0.15) is 0 Å². The van der Waals surface area contributed by atoms with Crippen LogP contribution in [0.1, 0.15) is 12.8 Å². The highest BCUT2D eigenvalue weighted by Gasteiger charge is 2.29. The first-order chi connectivity index (χ1) is 8.99. The van der Waals surface area contributed by atoms with E-state index in [0.717, 1.165) is 22.0 Å². The van der Waals surface area contributed by atoms with E-state index in [2.05, 4.69) is 5.32 Å². The molecule has 2 N–H and O–H groups in total. The maximum absolute atomic E-state index is 11.7. The van der Waals surface area contributed by atoms with E-state index in [1.54, 1.807) is 0 Å². The molecule has 0 saturated heterocycles. The Labute approximate surface area is 109 Å². The molecule has 1 amide bonds. The summed E-state index contributed by atoms with van der Waals surface area (Å²) in [5.41, 5.74) is -0.948. The van der Waals surface area contributed by atoms with Crippen LogP contribution >= 0.6 is 0 Å². The SMILES string of the molecule is Cn1c(=O)ccn(CC(=O)NCC(O)C2CC2)c1=O. The predicted octanol–water partition coefficient (Wildman–Crippen LogP) is -1.57. The minimum atomic E-state index is -0.537. The largest absolute Gasteiger partial charge is 0.391 e. The van der Waals surface area contributed by atoms with Crippen LogP contribution in [0.25, 0.3) is 0 Å². The van der Waals surface area contributed by atoms with Gasteiger partial charge in [-0.05, 0) is 18.8 Å². The Balaban J connectivity index is 1.93. The molecule has 0 aromatic carbocycles. The Bertz CT molecular complexity index is 585. The number of carbonyl (C=O) groups excluding carboxylic acids is 1. The first kappa shape index (κ1) is 13.5. The van der Waals surface area contributed by atoms with Crippen LogP contribution in [0.15, 0.2) is 21.9 Å². The lowest BCUT2D eigenvalue weighted by atomic mass is 10.2. The Morgan fingerprint density at radius 1 is 1.53 bits per heavy atom. The summed E-state index contributed by atoms with van der Waals surface area (Å²) in [6.07, 6.45) is 2.77. The fourth-order valence-electron chi connectivity index (χ4n) is 1.81. The van der Waals surface area contributed by atoms with Crippen LogP contribution < -0.4 is 16.6 Å². The predicted molar refractivity (Wildman–Crippen MR) is 67.7 cm³/mol. The molecule has 0 bridgehead atoms. The molecular formula is C12H17N3O4. The van der Waals surface area contributed by atoms with Crippen LogP contribution in [0.5, 0.6) is 0 Å². The van der Waals surface area contributed by atoms with Gasteiger partial charge in [-0.3, -0.25) is 18.7 Å². The molecular weight excluding hydrogens is 250 g/mol.